The second-order valence-electron chi connectivity index (χ2n) is 5.23. The summed E-state index contributed by atoms with van der Waals surface area (Å²) >= 11 is 0. The minimum Gasteiger partial charge on any atom is -0.497 e. The zero-order chi connectivity index (χ0) is 16.5. The van der Waals surface area contributed by atoms with E-state index in [4.69, 9.17) is 9.47 Å². The van der Waals surface area contributed by atoms with E-state index < -0.39 is 0 Å². The second-order valence-corrected chi connectivity index (χ2v) is 5.23. The van der Waals surface area contributed by atoms with Gasteiger partial charge in [-0.15, -0.1) is 0 Å². The maximum Gasteiger partial charge on any atom is 0.259 e. The molecule has 0 spiro atoms. The first-order valence-electron chi connectivity index (χ1n) is 7.92. The number of methoxy groups -OCH3 is 1. The number of unbranched alkanes of at least 4 members (excludes halogenated alkanes) is 2. The molecule has 0 heterocycles. The molecule has 0 aliphatic heterocycles. The summed E-state index contributed by atoms with van der Waals surface area (Å²) in [5.41, 5.74) is 1.26. The monoisotopic (exact) mass is 313 g/mol. The third kappa shape index (κ3) is 5.02. The van der Waals surface area contributed by atoms with Gasteiger partial charge in [-0.2, -0.15) is 0 Å². The number of para-hydroxylation sites is 1. The van der Waals surface area contributed by atoms with Gasteiger partial charge in [-0.1, -0.05) is 31.9 Å². The molecule has 1 amide bonds. The molecule has 0 radical (unpaired) electrons. The Kier molecular flexibility index (Phi) is 6.48. The molecule has 0 aliphatic carbocycles. The van der Waals surface area contributed by atoms with Crippen molar-refractivity contribution in [3.8, 4) is 11.5 Å². The van der Waals surface area contributed by atoms with Crippen LogP contribution in [0.4, 0.5) is 5.69 Å². The number of rotatable bonds is 8. The molecule has 0 saturated heterocycles. The van der Waals surface area contributed by atoms with Gasteiger partial charge >= 0.3 is 0 Å². The molecule has 1 N–H and O–H groups in total. The van der Waals surface area contributed by atoms with Crippen molar-refractivity contribution < 1.29 is 14.3 Å². The number of carbonyl (C=O) groups is 1. The molecule has 4 heteroatoms. The lowest BCUT2D eigenvalue weighted by molar-refractivity contribution is 0.102. The molecule has 0 saturated carbocycles. The van der Waals surface area contributed by atoms with Crippen molar-refractivity contribution in [3.63, 3.8) is 0 Å². The minimum absolute atomic E-state index is 0.179. The average Bonchev–Trinajstić information content (AvgIpc) is 2.59. The number of benzene rings is 2. The lowest BCUT2D eigenvalue weighted by Crippen LogP contribution is -2.14. The Hall–Kier alpha value is -2.49. The molecule has 0 bridgehead atoms. The van der Waals surface area contributed by atoms with E-state index in [0.717, 1.165) is 30.7 Å². The number of ether oxygens (including phenoxy) is 2. The summed E-state index contributed by atoms with van der Waals surface area (Å²) in [4.78, 5) is 12.5. The largest absolute Gasteiger partial charge is 0.497 e. The highest BCUT2D eigenvalue weighted by Crippen LogP contribution is 2.21. The van der Waals surface area contributed by atoms with E-state index in [9.17, 15) is 4.79 Å². The zero-order valence-electron chi connectivity index (χ0n) is 13.7. The molecule has 0 aromatic heterocycles. The van der Waals surface area contributed by atoms with E-state index in [1.54, 1.807) is 25.3 Å². The molecule has 0 aliphatic rings. The maximum atomic E-state index is 12.5. The van der Waals surface area contributed by atoms with E-state index in [0.29, 0.717) is 17.9 Å². The molecule has 4 nitrogen and oxygen atoms in total. The first-order chi connectivity index (χ1) is 11.2. The molecule has 0 unspecified atom stereocenters. The van der Waals surface area contributed by atoms with Crippen LogP contribution in [0.5, 0.6) is 11.5 Å². The Balaban J connectivity index is 2.03. The fourth-order valence-corrected chi connectivity index (χ4v) is 2.19. The van der Waals surface area contributed by atoms with Gasteiger partial charge in [0.25, 0.3) is 5.91 Å². The zero-order valence-corrected chi connectivity index (χ0v) is 13.7. The molecule has 2 rings (SSSR count). The van der Waals surface area contributed by atoms with Crippen molar-refractivity contribution in [1.82, 2.24) is 0 Å². The third-order valence-corrected chi connectivity index (χ3v) is 3.49. The summed E-state index contributed by atoms with van der Waals surface area (Å²) in [5.74, 6) is 1.19. The van der Waals surface area contributed by atoms with Gasteiger partial charge < -0.3 is 14.8 Å². The number of hydrogen-bond donors (Lipinski definition) is 1. The predicted octanol–water partition coefficient (Wildman–Crippen LogP) is 4.52. The summed E-state index contributed by atoms with van der Waals surface area (Å²) in [5, 5.41) is 2.88. The van der Waals surface area contributed by atoms with E-state index in [1.165, 1.54) is 0 Å². The smallest absolute Gasteiger partial charge is 0.259 e. The maximum absolute atomic E-state index is 12.5. The average molecular weight is 313 g/mol. The van der Waals surface area contributed by atoms with Gasteiger partial charge in [0.2, 0.25) is 0 Å². The van der Waals surface area contributed by atoms with E-state index in [2.05, 4.69) is 12.2 Å². The van der Waals surface area contributed by atoms with Crippen molar-refractivity contribution >= 4 is 11.6 Å². The summed E-state index contributed by atoms with van der Waals surface area (Å²) < 4.78 is 10.9. The molecule has 23 heavy (non-hydrogen) atoms. The van der Waals surface area contributed by atoms with Crippen molar-refractivity contribution in [3.05, 3.63) is 54.1 Å². The second kappa shape index (κ2) is 8.83. The molecule has 2 aromatic rings. The number of hydrogen-bond acceptors (Lipinski definition) is 3. The first-order valence-corrected chi connectivity index (χ1v) is 7.92. The van der Waals surface area contributed by atoms with E-state index in [-0.39, 0.29) is 5.91 Å². The molecular weight excluding hydrogens is 290 g/mol. The Labute approximate surface area is 137 Å². The molecule has 2 aromatic carbocycles. The van der Waals surface area contributed by atoms with Crippen LogP contribution in [0.1, 0.15) is 36.5 Å². The normalized spacial score (nSPS) is 10.2. The minimum atomic E-state index is -0.179. The van der Waals surface area contributed by atoms with Crippen LogP contribution in [-0.4, -0.2) is 19.6 Å². The first kappa shape index (κ1) is 16.9. The van der Waals surface area contributed by atoms with Gasteiger partial charge in [0.1, 0.15) is 11.5 Å². The van der Waals surface area contributed by atoms with Gasteiger partial charge in [-0.05, 0) is 42.8 Å². The molecule has 0 atom stereocenters. The van der Waals surface area contributed by atoms with Gasteiger partial charge in [-0.25, -0.2) is 0 Å². The SMILES string of the molecule is CCCCCOc1ccccc1C(=O)Nc1ccc(OC)cc1. The lowest BCUT2D eigenvalue weighted by Gasteiger charge is -2.12. The van der Waals surface area contributed by atoms with Crippen LogP contribution in [0.3, 0.4) is 0 Å². The van der Waals surface area contributed by atoms with Crippen molar-refractivity contribution in [1.29, 1.82) is 0 Å². The highest BCUT2D eigenvalue weighted by molar-refractivity contribution is 6.06. The van der Waals surface area contributed by atoms with Gasteiger partial charge in [0.05, 0.1) is 19.3 Å². The highest BCUT2D eigenvalue weighted by Gasteiger charge is 2.12. The van der Waals surface area contributed by atoms with Crippen LogP contribution in [0.25, 0.3) is 0 Å². The van der Waals surface area contributed by atoms with Crippen LogP contribution in [0, 0.1) is 0 Å². The summed E-state index contributed by atoms with van der Waals surface area (Å²) in [6, 6.07) is 14.5. The molecule has 122 valence electrons. The topological polar surface area (TPSA) is 47.6 Å². The Morgan fingerprint density at radius 1 is 1.04 bits per heavy atom. The quantitative estimate of drug-likeness (QED) is 0.729. The predicted molar refractivity (Wildman–Crippen MR) is 92.4 cm³/mol. The van der Waals surface area contributed by atoms with Gasteiger partial charge in [-0.3, -0.25) is 4.79 Å². The van der Waals surface area contributed by atoms with Crippen LogP contribution in [-0.2, 0) is 0 Å². The van der Waals surface area contributed by atoms with Crippen LogP contribution < -0.4 is 14.8 Å². The van der Waals surface area contributed by atoms with Crippen LogP contribution >= 0.6 is 0 Å². The molecular formula is C19H23NO3. The molecule has 0 fully saturated rings. The highest BCUT2D eigenvalue weighted by atomic mass is 16.5. The number of anilines is 1. The standard InChI is InChI=1S/C19H23NO3/c1-3-4-7-14-23-18-9-6-5-8-17(18)19(21)20-15-10-12-16(22-2)13-11-15/h5-6,8-13H,3-4,7,14H2,1-2H3,(H,20,21). The van der Waals surface area contributed by atoms with Crippen molar-refractivity contribution in [2.75, 3.05) is 19.0 Å². The van der Waals surface area contributed by atoms with E-state index in [1.807, 2.05) is 30.3 Å². The summed E-state index contributed by atoms with van der Waals surface area (Å²) in [7, 11) is 1.61. The summed E-state index contributed by atoms with van der Waals surface area (Å²) in [6.45, 7) is 2.77. The van der Waals surface area contributed by atoms with Gasteiger partial charge in [0.15, 0.2) is 0 Å². The van der Waals surface area contributed by atoms with E-state index >= 15 is 0 Å². The number of carbonyl (C=O) groups excluding carboxylic acids is 1. The van der Waals surface area contributed by atoms with Gasteiger partial charge in [0, 0.05) is 5.69 Å². The fourth-order valence-electron chi connectivity index (χ4n) is 2.19. The van der Waals surface area contributed by atoms with Crippen LogP contribution in [0.2, 0.25) is 0 Å². The third-order valence-electron chi connectivity index (χ3n) is 3.49. The fraction of sp³-hybridized carbons (Fsp3) is 0.316. The number of nitrogens with one attached hydrogen (secondary N) is 1. The van der Waals surface area contributed by atoms with Crippen molar-refractivity contribution in [2.24, 2.45) is 0 Å². The lowest BCUT2D eigenvalue weighted by atomic mass is 10.1. The summed E-state index contributed by atoms with van der Waals surface area (Å²) in [6.07, 6.45) is 3.26. The van der Waals surface area contributed by atoms with Crippen LogP contribution in [0.15, 0.2) is 48.5 Å². The Morgan fingerprint density at radius 2 is 1.78 bits per heavy atom. The van der Waals surface area contributed by atoms with Crippen molar-refractivity contribution in [2.45, 2.75) is 26.2 Å². The Morgan fingerprint density at radius 3 is 2.48 bits per heavy atom. The number of amides is 1. The Bertz CT molecular complexity index is 623.